The number of carbonyl (C=O) groups is 1. The summed E-state index contributed by atoms with van der Waals surface area (Å²) >= 11 is 0. The first kappa shape index (κ1) is 15.5. The van der Waals surface area contributed by atoms with Crippen molar-refractivity contribution in [1.29, 1.82) is 0 Å². The Hall–Kier alpha value is -1.55. The van der Waals surface area contributed by atoms with Gasteiger partial charge >= 0.3 is 6.03 Å². The number of hydrogen-bond donors (Lipinski definition) is 2. The smallest absolute Gasteiger partial charge is 0.315 e. The fraction of sp³-hybridized carbons (Fsp3) is 0.533. The topological polar surface area (TPSA) is 44.4 Å². The second-order valence-corrected chi connectivity index (χ2v) is 4.53. The Morgan fingerprint density at radius 1 is 1.11 bits per heavy atom. The molecule has 2 amide bonds. The van der Waals surface area contributed by atoms with Gasteiger partial charge < -0.3 is 15.5 Å². The van der Waals surface area contributed by atoms with E-state index in [9.17, 15) is 4.79 Å². The minimum Gasteiger partial charge on any atom is -0.337 e. The predicted molar refractivity (Wildman–Crippen MR) is 79.1 cm³/mol. The predicted octanol–water partition coefficient (Wildman–Crippen LogP) is 2.22. The maximum absolute atomic E-state index is 11.6. The van der Waals surface area contributed by atoms with Crippen molar-refractivity contribution in [2.24, 2.45) is 0 Å². The molecule has 19 heavy (non-hydrogen) atoms. The largest absolute Gasteiger partial charge is 0.337 e. The van der Waals surface area contributed by atoms with Crippen LogP contribution in [-0.4, -0.2) is 37.1 Å². The molecule has 1 aromatic carbocycles. The molecule has 4 heteroatoms. The molecular weight excluding hydrogens is 238 g/mol. The number of urea groups is 1. The molecule has 0 aliphatic heterocycles. The molecule has 2 N–H and O–H groups in total. The van der Waals surface area contributed by atoms with Gasteiger partial charge in [0, 0.05) is 19.6 Å². The van der Waals surface area contributed by atoms with Crippen LogP contribution in [0.5, 0.6) is 0 Å². The Morgan fingerprint density at radius 3 is 2.47 bits per heavy atom. The summed E-state index contributed by atoms with van der Waals surface area (Å²) in [5, 5.41) is 5.74. The molecule has 0 fully saturated rings. The van der Waals surface area contributed by atoms with Crippen molar-refractivity contribution in [1.82, 2.24) is 15.5 Å². The SMILES string of the molecule is CCCN(CC)CCNC(=O)NCc1ccccc1. The van der Waals surface area contributed by atoms with Crippen LogP contribution in [0.1, 0.15) is 25.8 Å². The molecule has 0 atom stereocenters. The van der Waals surface area contributed by atoms with Crippen molar-refractivity contribution in [3.05, 3.63) is 35.9 Å². The zero-order valence-electron chi connectivity index (χ0n) is 12.0. The Labute approximate surface area is 116 Å². The zero-order valence-corrected chi connectivity index (χ0v) is 12.0. The lowest BCUT2D eigenvalue weighted by Crippen LogP contribution is -2.40. The van der Waals surface area contributed by atoms with Crippen LogP contribution in [0.25, 0.3) is 0 Å². The van der Waals surface area contributed by atoms with Crippen LogP contribution in [0, 0.1) is 0 Å². The van der Waals surface area contributed by atoms with Crippen LogP contribution < -0.4 is 10.6 Å². The molecule has 0 heterocycles. The first-order valence-electron chi connectivity index (χ1n) is 7.04. The van der Waals surface area contributed by atoms with E-state index in [-0.39, 0.29) is 6.03 Å². The fourth-order valence-electron chi connectivity index (χ4n) is 1.91. The third-order valence-corrected chi connectivity index (χ3v) is 3.00. The standard InChI is InChI=1S/C15H25N3O/c1-3-11-18(4-2)12-10-16-15(19)17-13-14-8-6-5-7-9-14/h5-9H,3-4,10-13H2,1-2H3,(H2,16,17,19). The van der Waals surface area contributed by atoms with Gasteiger partial charge in [0.25, 0.3) is 0 Å². The van der Waals surface area contributed by atoms with Crippen LogP contribution in [0.2, 0.25) is 0 Å². The van der Waals surface area contributed by atoms with Crippen LogP contribution in [0.4, 0.5) is 4.79 Å². The molecule has 0 unspecified atom stereocenters. The van der Waals surface area contributed by atoms with Gasteiger partial charge in [0.2, 0.25) is 0 Å². The zero-order chi connectivity index (χ0) is 13.9. The molecule has 0 spiro atoms. The van der Waals surface area contributed by atoms with Gasteiger partial charge in [-0.25, -0.2) is 4.79 Å². The second-order valence-electron chi connectivity index (χ2n) is 4.53. The number of nitrogens with zero attached hydrogens (tertiary/aromatic N) is 1. The normalized spacial score (nSPS) is 10.5. The quantitative estimate of drug-likeness (QED) is 0.755. The molecule has 0 saturated heterocycles. The number of amides is 2. The number of rotatable bonds is 8. The summed E-state index contributed by atoms with van der Waals surface area (Å²) in [6.45, 7) is 8.59. The molecule has 0 aliphatic carbocycles. The number of hydrogen-bond acceptors (Lipinski definition) is 2. The molecule has 0 radical (unpaired) electrons. The van der Waals surface area contributed by atoms with E-state index < -0.39 is 0 Å². The lowest BCUT2D eigenvalue weighted by Gasteiger charge is -2.19. The van der Waals surface area contributed by atoms with E-state index in [0.717, 1.165) is 31.6 Å². The monoisotopic (exact) mass is 263 g/mol. The number of carbonyl (C=O) groups excluding carboxylic acids is 1. The summed E-state index contributed by atoms with van der Waals surface area (Å²) in [5.74, 6) is 0. The first-order chi connectivity index (χ1) is 9.26. The summed E-state index contributed by atoms with van der Waals surface area (Å²) in [7, 11) is 0. The van der Waals surface area contributed by atoms with Crippen molar-refractivity contribution in [2.45, 2.75) is 26.8 Å². The molecule has 0 aromatic heterocycles. The van der Waals surface area contributed by atoms with Gasteiger partial charge in [-0.15, -0.1) is 0 Å². The molecule has 4 nitrogen and oxygen atoms in total. The third-order valence-electron chi connectivity index (χ3n) is 3.00. The van der Waals surface area contributed by atoms with Crippen LogP contribution in [0.15, 0.2) is 30.3 Å². The van der Waals surface area contributed by atoms with Crippen LogP contribution in [0.3, 0.4) is 0 Å². The molecular formula is C15H25N3O. The van der Waals surface area contributed by atoms with Crippen molar-refractivity contribution >= 4 is 6.03 Å². The van der Waals surface area contributed by atoms with E-state index >= 15 is 0 Å². The average Bonchev–Trinajstić information content (AvgIpc) is 2.45. The van der Waals surface area contributed by atoms with Crippen molar-refractivity contribution in [2.75, 3.05) is 26.2 Å². The van der Waals surface area contributed by atoms with E-state index in [1.165, 1.54) is 0 Å². The van der Waals surface area contributed by atoms with Crippen LogP contribution in [-0.2, 0) is 6.54 Å². The second kappa shape index (κ2) is 9.39. The summed E-state index contributed by atoms with van der Waals surface area (Å²) < 4.78 is 0. The first-order valence-corrected chi connectivity index (χ1v) is 7.04. The lowest BCUT2D eigenvalue weighted by molar-refractivity contribution is 0.235. The van der Waals surface area contributed by atoms with E-state index in [1.54, 1.807) is 0 Å². The fourth-order valence-corrected chi connectivity index (χ4v) is 1.91. The number of likely N-dealkylation sites (N-methyl/N-ethyl adjacent to an activating group) is 1. The maximum Gasteiger partial charge on any atom is 0.315 e. The summed E-state index contributed by atoms with van der Waals surface area (Å²) in [4.78, 5) is 13.9. The van der Waals surface area contributed by atoms with Crippen molar-refractivity contribution < 1.29 is 4.79 Å². The van der Waals surface area contributed by atoms with E-state index in [2.05, 4.69) is 29.4 Å². The highest BCUT2D eigenvalue weighted by Gasteiger charge is 2.02. The Balaban J connectivity index is 2.14. The van der Waals surface area contributed by atoms with Gasteiger partial charge in [-0.05, 0) is 25.1 Å². The number of nitrogens with one attached hydrogen (secondary N) is 2. The Bertz CT molecular complexity index is 354. The molecule has 0 bridgehead atoms. The Kier molecular flexibility index (Phi) is 7.66. The van der Waals surface area contributed by atoms with E-state index in [0.29, 0.717) is 13.1 Å². The minimum absolute atomic E-state index is 0.101. The van der Waals surface area contributed by atoms with Crippen molar-refractivity contribution in [3.8, 4) is 0 Å². The highest BCUT2D eigenvalue weighted by molar-refractivity contribution is 5.73. The molecule has 0 saturated carbocycles. The molecule has 1 rings (SSSR count). The number of benzene rings is 1. The summed E-state index contributed by atoms with van der Waals surface area (Å²) in [6, 6.07) is 9.81. The van der Waals surface area contributed by atoms with Gasteiger partial charge in [-0.1, -0.05) is 44.2 Å². The molecule has 0 aliphatic rings. The Morgan fingerprint density at radius 2 is 1.84 bits per heavy atom. The van der Waals surface area contributed by atoms with E-state index in [4.69, 9.17) is 0 Å². The van der Waals surface area contributed by atoms with E-state index in [1.807, 2.05) is 30.3 Å². The van der Waals surface area contributed by atoms with Gasteiger partial charge in [-0.3, -0.25) is 0 Å². The molecule has 1 aromatic rings. The lowest BCUT2D eigenvalue weighted by atomic mass is 10.2. The van der Waals surface area contributed by atoms with Gasteiger partial charge in [0.1, 0.15) is 0 Å². The van der Waals surface area contributed by atoms with Crippen molar-refractivity contribution in [3.63, 3.8) is 0 Å². The van der Waals surface area contributed by atoms with Gasteiger partial charge in [0.05, 0.1) is 0 Å². The van der Waals surface area contributed by atoms with Gasteiger partial charge in [0.15, 0.2) is 0 Å². The maximum atomic E-state index is 11.6. The third kappa shape index (κ3) is 6.82. The highest BCUT2D eigenvalue weighted by Crippen LogP contribution is 1.96. The summed E-state index contributed by atoms with van der Waals surface area (Å²) in [5.41, 5.74) is 1.11. The average molecular weight is 263 g/mol. The minimum atomic E-state index is -0.101. The molecule has 106 valence electrons. The van der Waals surface area contributed by atoms with Crippen LogP contribution >= 0.6 is 0 Å². The highest BCUT2D eigenvalue weighted by atomic mass is 16.2. The van der Waals surface area contributed by atoms with Gasteiger partial charge in [-0.2, -0.15) is 0 Å². The summed E-state index contributed by atoms with van der Waals surface area (Å²) in [6.07, 6.45) is 1.15.